The van der Waals surface area contributed by atoms with Gasteiger partial charge in [0, 0.05) is 117 Å². The smallest absolute Gasteiger partial charge is 0.287 e. The molecule has 0 bridgehead atoms. The van der Waals surface area contributed by atoms with Gasteiger partial charge in [-0.2, -0.15) is 0 Å². The monoisotopic (exact) mass is 1190 g/mol. The SMILES string of the molecule is COc1cc2c(cc1OCCCC(=O)Nc1cc(C(=O)Nc3cn(C)c(C(=O)NCCCNC(=O)c4nc(NC(=O)c5cc(NC(=O)CCCOc6cc7c(cc6OC)C(=O)N6CCC[C@H]6C=N7)cn5C)cn4C)n3)n(C)c1)N=CC1CCCN1C2=O. The Hall–Kier alpha value is -10.3. The van der Waals surface area contributed by atoms with Gasteiger partial charge in [0.1, 0.15) is 11.4 Å². The predicted molar refractivity (Wildman–Crippen MR) is 320 cm³/mol. The van der Waals surface area contributed by atoms with Gasteiger partial charge in [-0.25, -0.2) is 9.97 Å². The highest BCUT2D eigenvalue weighted by molar-refractivity contribution is 6.07. The number of carbonyl (C=O) groups is 8. The Bertz CT molecular complexity index is 3500. The second-order valence-corrected chi connectivity index (χ2v) is 21.4. The van der Waals surface area contributed by atoms with Crippen LogP contribution in [0.25, 0.3) is 0 Å². The summed E-state index contributed by atoms with van der Waals surface area (Å²) in [7, 11) is 9.50. The Labute approximate surface area is 499 Å². The molecule has 6 aromatic rings. The summed E-state index contributed by atoms with van der Waals surface area (Å²) in [6.07, 6.45) is 14.7. The molecule has 8 heterocycles. The molecule has 0 spiro atoms. The first-order chi connectivity index (χ1) is 41.9. The fourth-order valence-corrected chi connectivity index (χ4v) is 10.7. The normalized spacial score (nSPS) is 15.6. The number of hydrogen-bond acceptors (Lipinski definition) is 16. The number of amides is 8. The van der Waals surface area contributed by atoms with Crippen LogP contribution < -0.4 is 50.8 Å². The number of nitrogens with zero attached hydrogens (tertiary/aromatic N) is 10. The van der Waals surface area contributed by atoms with Crippen molar-refractivity contribution in [1.82, 2.24) is 48.7 Å². The third kappa shape index (κ3) is 13.6. The molecule has 2 atom stereocenters. The van der Waals surface area contributed by atoms with Gasteiger partial charge in [-0.05, 0) is 69.2 Å². The van der Waals surface area contributed by atoms with Crippen molar-refractivity contribution in [3.05, 3.63) is 95.3 Å². The van der Waals surface area contributed by atoms with Crippen LogP contribution in [0, 0.1) is 0 Å². The number of anilines is 4. The van der Waals surface area contributed by atoms with E-state index >= 15 is 0 Å². The fraction of sp³-hybridized carbons (Fsp3) is 0.390. The number of carbonyl (C=O) groups excluding carboxylic acids is 8. The van der Waals surface area contributed by atoms with Gasteiger partial charge >= 0.3 is 0 Å². The van der Waals surface area contributed by atoms with Crippen LogP contribution in [0.5, 0.6) is 23.0 Å². The summed E-state index contributed by atoms with van der Waals surface area (Å²) >= 11 is 0. The number of hydrogen-bond donors (Lipinski definition) is 6. The Kier molecular flexibility index (Phi) is 18.1. The van der Waals surface area contributed by atoms with Crippen molar-refractivity contribution >= 4 is 94.1 Å². The van der Waals surface area contributed by atoms with Crippen molar-refractivity contribution in [2.24, 2.45) is 38.2 Å². The molecule has 0 saturated carbocycles. The third-order valence-corrected chi connectivity index (χ3v) is 15.1. The van der Waals surface area contributed by atoms with Crippen molar-refractivity contribution in [1.29, 1.82) is 0 Å². The van der Waals surface area contributed by atoms with Crippen LogP contribution in [0.4, 0.5) is 34.4 Å². The summed E-state index contributed by atoms with van der Waals surface area (Å²) < 4.78 is 29.0. The number of nitrogens with one attached hydrogen (secondary N) is 6. The highest BCUT2D eigenvalue weighted by Crippen LogP contribution is 2.40. The number of ether oxygens (including phenoxy) is 4. The Balaban J connectivity index is 0.614. The van der Waals surface area contributed by atoms with Crippen LogP contribution in [0.1, 0.15) is 121 Å². The standard InChI is InChI=1S/C59H68N16O12/c1-70-30-34(64-50(76)14-9-20-86-46-26-40-38(24-44(46)84-5)58(82)74-18-7-12-36(74)28-62-40)22-42(70)54(78)68-48-32-72(3)52(66-48)56(80)60-16-11-17-61-57(81)53-67-49(33-73(53)4)69-55(79)43-23-35(31-71(43)2)65-51(77)15-10-21-87-47-27-41-39(25-45(47)85-6)59(83)75-19-8-13-37(75)29-63-41/h22-33,36-37H,7-21H2,1-6H3,(H,60,80)(H,61,81)(H,64,76)(H,65,77)(H,68,78)(H,69,79)/t36-,37?/m0/s1. The van der Waals surface area contributed by atoms with E-state index in [1.807, 2.05) is 9.80 Å². The molecule has 2 saturated heterocycles. The summed E-state index contributed by atoms with van der Waals surface area (Å²) in [6.45, 7) is 2.07. The first-order valence-corrected chi connectivity index (χ1v) is 28.5. The van der Waals surface area contributed by atoms with E-state index in [-0.39, 0.29) is 110 Å². The third-order valence-electron chi connectivity index (χ3n) is 15.1. The largest absolute Gasteiger partial charge is 0.493 e. The molecule has 0 aliphatic carbocycles. The highest BCUT2D eigenvalue weighted by Gasteiger charge is 2.34. The molecule has 6 N–H and O–H groups in total. The van der Waals surface area contributed by atoms with E-state index in [0.717, 1.165) is 25.7 Å². The first-order valence-electron chi connectivity index (χ1n) is 28.5. The minimum atomic E-state index is -0.531. The molecule has 87 heavy (non-hydrogen) atoms. The van der Waals surface area contributed by atoms with Crippen molar-refractivity contribution in [2.75, 3.05) is 74.9 Å². The molecule has 4 aliphatic heterocycles. The zero-order valence-corrected chi connectivity index (χ0v) is 49.1. The van der Waals surface area contributed by atoms with Crippen molar-refractivity contribution in [2.45, 2.75) is 69.9 Å². The molecule has 2 fully saturated rings. The number of imidazole rings is 2. The number of aromatic nitrogens is 6. The number of rotatable bonds is 24. The maximum absolute atomic E-state index is 13.4. The van der Waals surface area contributed by atoms with E-state index in [9.17, 15) is 38.4 Å². The molecule has 10 rings (SSSR count). The Morgan fingerprint density at radius 2 is 0.943 bits per heavy atom. The molecule has 28 heteroatoms. The summed E-state index contributed by atoms with van der Waals surface area (Å²) in [6, 6.07) is 9.64. The van der Waals surface area contributed by atoms with Crippen LogP contribution in [0.15, 0.2) is 71.2 Å². The van der Waals surface area contributed by atoms with Crippen LogP contribution in [0.3, 0.4) is 0 Å². The van der Waals surface area contributed by atoms with Gasteiger partial charge in [-0.15, -0.1) is 0 Å². The number of aryl methyl sites for hydroxylation is 4. The molecular formula is C59H68N16O12. The molecule has 8 amide bonds. The van der Waals surface area contributed by atoms with Gasteiger partial charge in [0.15, 0.2) is 34.6 Å². The quantitative estimate of drug-likeness (QED) is 0.0428. The van der Waals surface area contributed by atoms with Crippen LogP contribution in [0.2, 0.25) is 0 Å². The molecule has 0 radical (unpaired) electrons. The molecular weight excluding hydrogens is 1120 g/mol. The van der Waals surface area contributed by atoms with E-state index < -0.39 is 23.6 Å². The Morgan fingerprint density at radius 1 is 0.517 bits per heavy atom. The van der Waals surface area contributed by atoms with Gasteiger partial charge in [0.05, 0.1) is 73.4 Å². The van der Waals surface area contributed by atoms with Gasteiger partial charge in [-0.3, -0.25) is 48.3 Å². The predicted octanol–water partition coefficient (Wildman–Crippen LogP) is 5.14. The van der Waals surface area contributed by atoms with Gasteiger partial charge in [0.2, 0.25) is 23.5 Å². The number of aliphatic imine (C=N–C) groups is 2. The molecule has 4 aliphatic rings. The lowest BCUT2D eigenvalue weighted by Gasteiger charge is -2.20. The highest BCUT2D eigenvalue weighted by atomic mass is 16.5. The minimum Gasteiger partial charge on any atom is -0.493 e. The molecule has 4 aromatic heterocycles. The van der Waals surface area contributed by atoms with Crippen molar-refractivity contribution < 1.29 is 57.3 Å². The molecule has 28 nitrogen and oxygen atoms in total. The summed E-state index contributed by atoms with van der Waals surface area (Å²) in [5.74, 6) is -0.983. The van der Waals surface area contributed by atoms with Gasteiger partial charge < -0.3 is 78.9 Å². The maximum Gasteiger partial charge on any atom is 0.287 e. The molecule has 1 unspecified atom stereocenters. The number of benzene rings is 2. The lowest BCUT2D eigenvalue weighted by molar-refractivity contribution is -0.117. The molecule has 456 valence electrons. The van der Waals surface area contributed by atoms with E-state index in [1.165, 1.54) is 47.9 Å². The lowest BCUT2D eigenvalue weighted by atomic mass is 10.1. The van der Waals surface area contributed by atoms with E-state index in [4.69, 9.17) is 18.9 Å². The average molecular weight is 1190 g/mol. The number of methoxy groups -OCH3 is 2. The second kappa shape index (κ2) is 26.3. The van der Waals surface area contributed by atoms with Crippen LogP contribution >= 0.6 is 0 Å². The second-order valence-electron chi connectivity index (χ2n) is 21.4. The van der Waals surface area contributed by atoms with E-state index in [0.29, 0.717) is 89.2 Å². The molecule has 2 aromatic carbocycles. The lowest BCUT2D eigenvalue weighted by Crippen LogP contribution is -2.35. The summed E-state index contributed by atoms with van der Waals surface area (Å²) in [5, 5.41) is 16.5. The summed E-state index contributed by atoms with van der Waals surface area (Å²) in [5.41, 5.74) is 3.14. The zero-order valence-electron chi connectivity index (χ0n) is 49.1. The number of fused-ring (bicyclic) bond motifs is 4. The van der Waals surface area contributed by atoms with Crippen LogP contribution in [-0.2, 0) is 37.8 Å². The van der Waals surface area contributed by atoms with Gasteiger partial charge in [0.25, 0.3) is 35.4 Å². The van der Waals surface area contributed by atoms with E-state index in [2.05, 4.69) is 51.9 Å². The van der Waals surface area contributed by atoms with Crippen LogP contribution in [-0.4, -0.2) is 163 Å². The van der Waals surface area contributed by atoms with E-state index in [1.54, 1.807) is 86.4 Å². The zero-order chi connectivity index (χ0) is 61.5. The minimum absolute atomic E-state index is 0.0239. The van der Waals surface area contributed by atoms with Gasteiger partial charge in [-0.1, -0.05) is 0 Å². The average Bonchev–Trinajstić information content (AvgIpc) is 2.40. The van der Waals surface area contributed by atoms with Crippen molar-refractivity contribution in [3.8, 4) is 23.0 Å². The summed E-state index contributed by atoms with van der Waals surface area (Å²) in [4.78, 5) is 127. The fourth-order valence-electron chi connectivity index (χ4n) is 10.7. The Morgan fingerprint density at radius 3 is 1.36 bits per heavy atom. The maximum atomic E-state index is 13.4. The first kappa shape index (κ1) is 59.9. The van der Waals surface area contributed by atoms with Crippen molar-refractivity contribution in [3.63, 3.8) is 0 Å². The topological polar surface area (TPSA) is 322 Å².